The lowest BCUT2D eigenvalue weighted by atomic mass is 10.1. The van der Waals surface area contributed by atoms with Gasteiger partial charge in [0.05, 0.1) is 13.2 Å². The molecule has 2 N–H and O–H groups in total. The molecule has 0 fully saturated rings. The molecule has 1 aromatic rings. The molecule has 0 aromatic heterocycles. The van der Waals surface area contributed by atoms with Crippen molar-refractivity contribution in [2.75, 3.05) is 13.2 Å². The molecule has 0 heterocycles. The van der Waals surface area contributed by atoms with Crippen LogP contribution in [0.2, 0.25) is 0 Å². The topological polar surface area (TPSA) is 70.0 Å². The van der Waals surface area contributed by atoms with E-state index < -0.39 is 11.7 Å². The van der Waals surface area contributed by atoms with Gasteiger partial charge in [0.1, 0.15) is 11.4 Å². The van der Waals surface area contributed by atoms with Gasteiger partial charge in [0.2, 0.25) is 0 Å². The monoisotopic (exact) mass is 359 g/mol. The van der Waals surface area contributed by atoms with E-state index in [9.17, 15) is 9.90 Å². The molecule has 118 valence electrons. The van der Waals surface area contributed by atoms with E-state index in [0.717, 1.165) is 4.47 Å². The number of amides is 1. The number of phenolic OH excluding ortho intramolecular Hbond substituents is 1. The summed E-state index contributed by atoms with van der Waals surface area (Å²) < 4.78 is 6.13. The number of aliphatic hydroxyl groups excluding tert-OH is 1. The number of phenols is 1. The third-order valence-corrected chi connectivity index (χ3v) is 3.18. The zero-order valence-electron chi connectivity index (χ0n) is 12.8. The lowest BCUT2D eigenvalue weighted by Gasteiger charge is -2.27. The van der Waals surface area contributed by atoms with Gasteiger partial charge in [0, 0.05) is 16.6 Å². The van der Waals surface area contributed by atoms with Crippen LogP contribution in [0.4, 0.5) is 4.79 Å². The summed E-state index contributed by atoms with van der Waals surface area (Å²) in [6, 6.07) is 3.54. The van der Waals surface area contributed by atoms with Crippen molar-refractivity contribution < 1.29 is 19.7 Å². The van der Waals surface area contributed by atoms with E-state index in [1.54, 1.807) is 39.8 Å². The van der Waals surface area contributed by atoms with Gasteiger partial charge in [-0.1, -0.05) is 15.9 Å². The van der Waals surface area contributed by atoms with Crippen LogP contribution in [0, 0.1) is 6.92 Å². The van der Waals surface area contributed by atoms with Gasteiger partial charge in [-0.3, -0.25) is 0 Å². The number of hydrogen-bond acceptors (Lipinski definition) is 4. The molecule has 0 aliphatic heterocycles. The number of halogens is 1. The number of aromatic hydroxyl groups is 1. The molecule has 0 aliphatic carbocycles. The number of ether oxygens (including phenoxy) is 1. The Bertz CT molecular complexity index is 511. The minimum atomic E-state index is -0.611. The zero-order valence-corrected chi connectivity index (χ0v) is 14.4. The van der Waals surface area contributed by atoms with Crippen molar-refractivity contribution >= 4 is 22.0 Å². The van der Waals surface area contributed by atoms with Crippen LogP contribution in [0.1, 0.15) is 31.9 Å². The number of hydrogen-bond donors (Lipinski definition) is 2. The molecule has 1 rings (SSSR count). The average molecular weight is 360 g/mol. The Hall–Kier alpha value is -1.27. The van der Waals surface area contributed by atoms with Crippen LogP contribution in [-0.2, 0) is 11.3 Å². The Morgan fingerprint density at radius 1 is 1.38 bits per heavy atom. The highest BCUT2D eigenvalue weighted by Gasteiger charge is 2.23. The summed E-state index contributed by atoms with van der Waals surface area (Å²) in [6.07, 6.45) is -0.520. The third kappa shape index (κ3) is 5.55. The fourth-order valence-corrected chi connectivity index (χ4v) is 2.43. The SMILES string of the molecule is Cc1cc(Br)cc(CN(CCO)C(=O)OC(C)(C)C)c1O. The highest BCUT2D eigenvalue weighted by molar-refractivity contribution is 9.10. The van der Waals surface area contributed by atoms with E-state index in [0.29, 0.717) is 11.1 Å². The molecule has 21 heavy (non-hydrogen) atoms. The number of benzene rings is 1. The summed E-state index contributed by atoms with van der Waals surface area (Å²) in [7, 11) is 0. The van der Waals surface area contributed by atoms with Gasteiger partial charge >= 0.3 is 6.09 Å². The number of nitrogens with zero attached hydrogens (tertiary/aromatic N) is 1. The van der Waals surface area contributed by atoms with E-state index in [1.165, 1.54) is 4.90 Å². The molecule has 0 unspecified atom stereocenters. The Labute approximate surface area is 133 Å². The first-order valence-corrected chi connectivity index (χ1v) is 7.50. The van der Waals surface area contributed by atoms with E-state index in [1.807, 2.05) is 0 Å². The first kappa shape index (κ1) is 17.8. The van der Waals surface area contributed by atoms with Crippen LogP contribution in [0.3, 0.4) is 0 Å². The molecule has 0 spiro atoms. The molecule has 0 saturated heterocycles. The van der Waals surface area contributed by atoms with Crippen molar-refractivity contribution in [3.05, 3.63) is 27.7 Å². The normalized spacial score (nSPS) is 11.3. The Morgan fingerprint density at radius 3 is 2.52 bits per heavy atom. The Morgan fingerprint density at radius 2 is 2.00 bits per heavy atom. The summed E-state index contributed by atoms with van der Waals surface area (Å²) in [4.78, 5) is 13.5. The molecule has 0 bridgehead atoms. The predicted molar refractivity (Wildman–Crippen MR) is 84.3 cm³/mol. The maximum Gasteiger partial charge on any atom is 0.410 e. The molecule has 0 radical (unpaired) electrons. The maximum absolute atomic E-state index is 12.1. The van der Waals surface area contributed by atoms with Crippen LogP contribution in [0.15, 0.2) is 16.6 Å². The van der Waals surface area contributed by atoms with Gasteiger partial charge in [-0.05, 0) is 45.4 Å². The highest BCUT2D eigenvalue weighted by Crippen LogP contribution is 2.28. The highest BCUT2D eigenvalue weighted by atomic mass is 79.9. The fourth-order valence-electron chi connectivity index (χ4n) is 1.81. The quantitative estimate of drug-likeness (QED) is 0.865. The first-order valence-electron chi connectivity index (χ1n) is 6.71. The minimum Gasteiger partial charge on any atom is -0.507 e. The van der Waals surface area contributed by atoms with Crippen molar-refractivity contribution in [2.45, 2.75) is 39.8 Å². The second kappa shape index (κ2) is 7.13. The van der Waals surface area contributed by atoms with E-state index >= 15 is 0 Å². The number of carbonyl (C=O) groups is 1. The largest absolute Gasteiger partial charge is 0.507 e. The zero-order chi connectivity index (χ0) is 16.2. The molecule has 6 heteroatoms. The summed E-state index contributed by atoms with van der Waals surface area (Å²) >= 11 is 3.37. The average Bonchev–Trinajstić information content (AvgIpc) is 2.32. The molecule has 0 atom stereocenters. The van der Waals surface area contributed by atoms with Gasteiger partial charge in [-0.25, -0.2) is 4.79 Å². The predicted octanol–water partition coefficient (Wildman–Crippen LogP) is 3.19. The van der Waals surface area contributed by atoms with E-state index in [4.69, 9.17) is 9.84 Å². The van der Waals surface area contributed by atoms with Gasteiger partial charge in [0.25, 0.3) is 0 Å². The van der Waals surface area contributed by atoms with Crippen molar-refractivity contribution in [1.82, 2.24) is 4.90 Å². The van der Waals surface area contributed by atoms with Crippen LogP contribution < -0.4 is 0 Å². The molecule has 1 aromatic carbocycles. The maximum atomic E-state index is 12.1. The van der Waals surface area contributed by atoms with Crippen LogP contribution in [0.5, 0.6) is 5.75 Å². The second-order valence-corrected chi connectivity index (χ2v) is 6.77. The molecule has 0 aliphatic rings. The van der Waals surface area contributed by atoms with Gasteiger partial charge in [-0.15, -0.1) is 0 Å². The molecular weight excluding hydrogens is 338 g/mol. The van der Waals surface area contributed by atoms with Crippen molar-refractivity contribution in [3.8, 4) is 5.75 Å². The summed E-state index contributed by atoms with van der Waals surface area (Å²) in [5.74, 6) is 0.143. The smallest absolute Gasteiger partial charge is 0.410 e. The standard InChI is InChI=1S/C15H22BrNO4/c1-10-7-12(16)8-11(13(10)19)9-17(5-6-18)14(20)21-15(2,3)4/h7-8,18-19H,5-6,9H2,1-4H3. The molecule has 0 saturated carbocycles. The molecule has 1 amide bonds. The summed E-state index contributed by atoms with van der Waals surface area (Å²) in [5.41, 5.74) is 0.703. The van der Waals surface area contributed by atoms with E-state index in [-0.39, 0.29) is 25.4 Å². The van der Waals surface area contributed by atoms with Crippen LogP contribution in [0.25, 0.3) is 0 Å². The third-order valence-electron chi connectivity index (χ3n) is 2.73. The lowest BCUT2D eigenvalue weighted by molar-refractivity contribution is 0.0200. The van der Waals surface area contributed by atoms with Crippen molar-refractivity contribution in [2.24, 2.45) is 0 Å². The Kier molecular flexibility index (Phi) is 6.04. The number of rotatable bonds is 4. The number of aryl methyl sites for hydroxylation is 1. The van der Waals surface area contributed by atoms with Crippen molar-refractivity contribution in [3.63, 3.8) is 0 Å². The molecule has 5 nitrogen and oxygen atoms in total. The number of aliphatic hydroxyl groups is 1. The lowest BCUT2D eigenvalue weighted by Crippen LogP contribution is -2.38. The Balaban J connectivity index is 2.96. The number of carbonyl (C=O) groups excluding carboxylic acids is 1. The minimum absolute atomic E-state index is 0.139. The fraction of sp³-hybridized carbons (Fsp3) is 0.533. The molecular formula is C15H22BrNO4. The summed E-state index contributed by atoms with van der Waals surface area (Å²) in [5, 5.41) is 19.2. The summed E-state index contributed by atoms with van der Waals surface area (Å²) in [6.45, 7) is 7.26. The van der Waals surface area contributed by atoms with E-state index in [2.05, 4.69) is 15.9 Å². The van der Waals surface area contributed by atoms with Crippen LogP contribution in [-0.4, -0.2) is 40.0 Å². The first-order chi connectivity index (χ1) is 9.64. The van der Waals surface area contributed by atoms with Crippen LogP contribution >= 0.6 is 15.9 Å². The van der Waals surface area contributed by atoms with Gasteiger partial charge in [-0.2, -0.15) is 0 Å². The second-order valence-electron chi connectivity index (χ2n) is 5.86. The van der Waals surface area contributed by atoms with Gasteiger partial charge < -0.3 is 19.8 Å². The van der Waals surface area contributed by atoms with Crippen molar-refractivity contribution in [1.29, 1.82) is 0 Å². The van der Waals surface area contributed by atoms with Gasteiger partial charge in [0.15, 0.2) is 0 Å².